The minimum absolute atomic E-state index is 0.0734. The lowest BCUT2D eigenvalue weighted by atomic mass is 10.0. The van der Waals surface area contributed by atoms with Gasteiger partial charge in [-0.3, -0.25) is 29.0 Å². The third kappa shape index (κ3) is 12.8. The van der Waals surface area contributed by atoms with Gasteiger partial charge in [-0.2, -0.15) is 0 Å². The molecule has 0 unspecified atom stereocenters. The molecule has 0 radical (unpaired) electrons. The van der Waals surface area contributed by atoms with Gasteiger partial charge in [-0.05, 0) is 57.4 Å². The molecule has 0 aromatic heterocycles. The lowest BCUT2D eigenvalue weighted by Crippen LogP contribution is -2.59. The van der Waals surface area contributed by atoms with Gasteiger partial charge in [0.05, 0.1) is 12.5 Å². The molecule has 17 nitrogen and oxygen atoms in total. The van der Waals surface area contributed by atoms with Gasteiger partial charge in [-0.15, -0.1) is 0 Å². The Hall–Kier alpha value is -3.99. The highest BCUT2D eigenvalue weighted by Crippen LogP contribution is 2.21. The van der Waals surface area contributed by atoms with Crippen LogP contribution in [0.5, 0.6) is 0 Å². The largest absolute Gasteiger partial charge is 0.481 e. The molecule has 17 heteroatoms. The van der Waals surface area contributed by atoms with Crippen LogP contribution in [0.1, 0.15) is 65.2 Å². The average Bonchev–Trinajstić information content (AvgIpc) is 3.42. The predicted molar refractivity (Wildman–Crippen MR) is 156 cm³/mol. The Bertz CT molecular complexity index is 1020. The van der Waals surface area contributed by atoms with E-state index in [0.29, 0.717) is 45.2 Å². The van der Waals surface area contributed by atoms with Crippen LogP contribution in [0.3, 0.4) is 0 Å². The van der Waals surface area contributed by atoms with Gasteiger partial charge in [0.25, 0.3) is 0 Å². The number of likely N-dealkylation sites (tertiary alicyclic amines) is 1. The van der Waals surface area contributed by atoms with Gasteiger partial charge in [0.15, 0.2) is 5.96 Å². The number of amides is 4. The molecular formula is C26H47N9O8. The van der Waals surface area contributed by atoms with E-state index in [1.54, 1.807) is 13.8 Å². The molecule has 244 valence electrons. The highest BCUT2D eigenvalue weighted by Gasteiger charge is 2.40. The summed E-state index contributed by atoms with van der Waals surface area (Å²) in [6.45, 7) is 4.17. The summed E-state index contributed by atoms with van der Waals surface area (Å²) in [5.74, 6) is -6.04. The van der Waals surface area contributed by atoms with Gasteiger partial charge < -0.3 is 54.0 Å². The summed E-state index contributed by atoms with van der Waals surface area (Å²) in [7, 11) is 0. The first kappa shape index (κ1) is 37.0. The smallest absolute Gasteiger partial charge is 0.326 e. The number of aliphatic carboxylic acids is 2. The SMILES string of the molecule is CC(C)[C@H](NC(=O)[C@H]1CCCN1C(=O)[C@H](CCCCN)NC(=O)[C@@H](N)CCCN=C(N)N)C(=O)N[C@@H](CC(=O)O)C(=O)O. The van der Waals surface area contributed by atoms with E-state index in [1.807, 2.05) is 0 Å². The first-order valence-corrected chi connectivity index (χ1v) is 14.4. The highest BCUT2D eigenvalue weighted by atomic mass is 16.4. The van der Waals surface area contributed by atoms with Crippen molar-refractivity contribution in [3.8, 4) is 0 Å². The second-order valence-electron chi connectivity index (χ2n) is 10.8. The molecule has 0 aromatic rings. The standard InChI is InChI=1S/C26H47N9O8/c1-14(2)20(23(40)33-17(25(42)43)13-19(36)37)34-22(39)18-9-6-12-35(18)24(41)16(8-3-4-10-27)32-21(38)15(28)7-5-11-31-26(29)30/h14-18,20H,3-13,27-28H2,1-2H3,(H,32,38)(H,33,40)(H,34,39)(H,36,37)(H,42,43)(H4,29,30,31)/t15-,16-,17-,18+,20-/m0/s1. The Labute approximate surface area is 250 Å². The van der Waals surface area contributed by atoms with Crippen molar-refractivity contribution in [1.29, 1.82) is 0 Å². The fourth-order valence-corrected chi connectivity index (χ4v) is 4.60. The number of hydrogen-bond donors (Lipinski definition) is 9. The van der Waals surface area contributed by atoms with E-state index >= 15 is 0 Å². The summed E-state index contributed by atoms with van der Waals surface area (Å²) in [6, 6.07) is -5.72. The van der Waals surface area contributed by atoms with Gasteiger partial charge in [-0.25, -0.2) is 4.79 Å². The summed E-state index contributed by atoms with van der Waals surface area (Å²) in [5, 5.41) is 25.7. The number of rotatable bonds is 19. The number of nitrogens with two attached hydrogens (primary N) is 4. The van der Waals surface area contributed by atoms with E-state index in [1.165, 1.54) is 4.90 Å². The van der Waals surface area contributed by atoms with Crippen LogP contribution < -0.4 is 38.9 Å². The fourth-order valence-electron chi connectivity index (χ4n) is 4.60. The number of nitrogens with one attached hydrogen (secondary N) is 3. The van der Waals surface area contributed by atoms with Crippen molar-refractivity contribution in [3.63, 3.8) is 0 Å². The Kier molecular flexibility index (Phi) is 16.0. The third-order valence-corrected chi connectivity index (χ3v) is 6.94. The number of carbonyl (C=O) groups excluding carboxylic acids is 4. The number of carboxylic acid groups (broad SMARTS) is 2. The van der Waals surface area contributed by atoms with Crippen LogP contribution in [-0.2, 0) is 28.8 Å². The van der Waals surface area contributed by atoms with Crippen molar-refractivity contribution >= 4 is 41.5 Å². The zero-order valence-corrected chi connectivity index (χ0v) is 24.8. The van der Waals surface area contributed by atoms with Gasteiger partial charge in [0.1, 0.15) is 24.2 Å². The first-order valence-electron chi connectivity index (χ1n) is 14.4. The van der Waals surface area contributed by atoms with Crippen molar-refractivity contribution in [3.05, 3.63) is 0 Å². The number of hydrogen-bond acceptors (Lipinski definition) is 9. The Morgan fingerprint density at radius 3 is 2.14 bits per heavy atom. The molecule has 1 aliphatic heterocycles. The zero-order chi connectivity index (χ0) is 32.7. The van der Waals surface area contributed by atoms with Crippen molar-refractivity contribution in [1.82, 2.24) is 20.9 Å². The number of nitrogens with zero attached hydrogens (tertiary/aromatic N) is 2. The molecule has 0 aliphatic carbocycles. The number of aliphatic imine (C=N–C) groups is 1. The Morgan fingerprint density at radius 1 is 0.930 bits per heavy atom. The second kappa shape index (κ2) is 18.5. The molecule has 0 bridgehead atoms. The highest BCUT2D eigenvalue weighted by molar-refractivity contribution is 5.96. The van der Waals surface area contributed by atoms with E-state index in [-0.39, 0.29) is 25.3 Å². The van der Waals surface area contributed by atoms with E-state index in [4.69, 9.17) is 28.0 Å². The molecule has 0 aromatic carbocycles. The molecule has 4 amide bonds. The van der Waals surface area contributed by atoms with Crippen LogP contribution in [0.15, 0.2) is 4.99 Å². The molecule has 1 aliphatic rings. The molecule has 5 atom stereocenters. The minimum atomic E-state index is -1.69. The zero-order valence-electron chi connectivity index (χ0n) is 24.8. The van der Waals surface area contributed by atoms with Gasteiger partial charge in [0, 0.05) is 13.1 Å². The normalized spacial score (nSPS) is 17.3. The van der Waals surface area contributed by atoms with Crippen molar-refractivity contribution in [2.75, 3.05) is 19.6 Å². The van der Waals surface area contributed by atoms with Crippen LogP contribution in [-0.4, -0.2) is 106 Å². The molecule has 1 fully saturated rings. The number of guanidine groups is 1. The van der Waals surface area contributed by atoms with E-state index < -0.39 is 78.1 Å². The summed E-state index contributed by atoms with van der Waals surface area (Å²) in [4.78, 5) is 80.3. The molecule has 0 spiro atoms. The van der Waals surface area contributed by atoms with Crippen molar-refractivity contribution in [2.45, 2.75) is 95.4 Å². The minimum Gasteiger partial charge on any atom is -0.481 e. The fraction of sp³-hybridized carbons (Fsp3) is 0.731. The van der Waals surface area contributed by atoms with Crippen molar-refractivity contribution < 1.29 is 39.0 Å². The Morgan fingerprint density at radius 2 is 1.58 bits per heavy atom. The molecule has 1 rings (SSSR count). The molecule has 13 N–H and O–H groups in total. The third-order valence-electron chi connectivity index (χ3n) is 6.94. The summed E-state index contributed by atoms with van der Waals surface area (Å²) >= 11 is 0. The molecule has 1 heterocycles. The lowest BCUT2D eigenvalue weighted by molar-refractivity contribution is -0.147. The Balaban J connectivity index is 3.00. The molecule has 0 saturated carbocycles. The lowest BCUT2D eigenvalue weighted by Gasteiger charge is -2.31. The summed E-state index contributed by atoms with van der Waals surface area (Å²) in [6.07, 6.45) is 2.08. The van der Waals surface area contributed by atoms with Gasteiger partial charge in [-0.1, -0.05) is 13.8 Å². The quantitative estimate of drug-likeness (QED) is 0.0404. The van der Waals surface area contributed by atoms with Crippen molar-refractivity contribution in [2.24, 2.45) is 33.8 Å². The first-order chi connectivity index (χ1) is 20.2. The second-order valence-corrected chi connectivity index (χ2v) is 10.8. The van der Waals surface area contributed by atoms with Crippen LogP contribution in [0, 0.1) is 5.92 Å². The predicted octanol–water partition coefficient (Wildman–Crippen LogP) is -2.84. The number of unbranched alkanes of at least 4 members (excludes halogenated alkanes) is 1. The van der Waals surface area contributed by atoms with Crippen LogP contribution in [0.4, 0.5) is 0 Å². The monoisotopic (exact) mass is 613 g/mol. The molecule has 43 heavy (non-hydrogen) atoms. The molecular weight excluding hydrogens is 566 g/mol. The average molecular weight is 614 g/mol. The maximum Gasteiger partial charge on any atom is 0.326 e. The summed E-state index contributed by atoms with van der Waals surface area (Å²) < 4.78 is 0. The van der Waals surface area contributed by atoms with Gasteiger partial charge in [0.2, 0.25) is 23.6 Å². The summed E-state index contributed by atoms with van der Waals surface area (Å²) in [5.41, 5.74) is 22.2. The van der Waals surface area contributed by atoms with E-state index in [2.05, 4.69) is 20.9 Å². The number of carbonyl (C=O) groups is 6. The number of carboxylic acids is 2. The van der Waals surface area contributed by atoms with Crippen LogP contribution >= 0.6 is 0 Å². The van der Waals surface area contributed by atoms with Crippen LogP contribution in [0.25, 0.3) is 0 Å². The van der Waals surface area contributed by atoms with Gasteiger partial charge >= 0.3 is 11.9 Å². The topological polar surface area (TPSA) is 299 Å². The van der Waals surface area contributed by atoms with E-state index in [0.717, 1.165) is 0 Å². The maximum absolute atomic E-state index is 13.6. The van der Waals surface area contributed by atoms with E-state index in [9.17, 15) is 33.9 Å². The maximum atomic E-state index is 13.6. The molecule has 1 saturated heterocycles. The van der Waals surface area contributed by atoms with Crippen LogP contribution in [0.2, 0.25) is 0 Å².